The van der Waals surface area contributed by atoms with E-state index in [0.717, 1.165) is 26.8 Å². The first-order valence-electron chi connectivity index (χ1n) is 22.9. The van der Waals surface area contributed by atoms with Gasteiger partial charge in [0.15, 0.2) is 11.5 Å². The molecule has 4 rings (SSSR count). The lowest BCUT2D eigenvalue weighted by Crippen LogP contribution is -2.64. The normalized spacial score (nSPS) is 28.3. The lowest BCUT2D eigenvalue weighted by Gasteiger charge is -2.35. The van der Waals surface area contributed by atoms with E-state index in [-0.39, 0.29) is 43.2 Å². The molecule has 72 heavy (non-hydrogen) atoms. The van der Waals surface area contributed by atoms with Crippen LogP contribution in [0.4, 0.5) is 4.79 Å². The molecule has 404 valence electrons. The summed E-state index contributed by atoms with van der Waals surface area (Å²) in [7, 11) is 0. The lowest BCUT2D eigenvalue weighted by atomic mass is 9.98. The highest BCUT2D eigenvalue weighted by Gasteiger charge is 2.50. The maximum absolute atomic E-state index is 14.8. The average Bonchev–Trinajstić information content (AvgIpc) is 3.88. The number of hydrogen-bond acceptors (Lipinski definition) is 22. The van der Waals surface area contributed by atoms with E-state index < -0.39 is 184 Å². The molecule has 28 nitrogen and oxygen atoms in total. The number of ether oxygens (including phenoxy) is 1. The minimum Gasteiger partial charge on any atom is -0.504 e. The van der Waals surface area contributed by atoms with E-state index in [2.05, 4.69) is 37.2 Å². The summed E-state index contributed by atoms with van der Waals surface area (Å²) in [6.45, 7) is 3.60. The van der Waals surface area contributed by atoms with Gasteiger partial charge in [-0.15, -0.1) is 0 Å². The molecule has 0 bridgehead atoms. The van der Waals surface area contributed by atoms with Crippen molar-refractivity contribution in [1.82, 2.24) is 36.0 Å². The lowest BCUT2D eigenvalue weighted by molar-refractivity contribution is -0.433. The molecule has 0 spiro atoms. The predicted octanol–water partition coefficient (Wildman–Crippen LogP) is -5.09. The third-order valence-corrected chi connectivity index (χ3v) is 12.8. The zero-order valence-electron chi connectivity index (χ0n) is 39.6. The van der Waals surface area contributed by atoms with E-state index in [4.69, 9.17) is 14.2 Å². The summed E-state index contributed by atoms with van der Waals surface area (Å²) in [5, 5.41) is 119. The van der Waals surface area contributed by atoms with Crippen molar-refractivity contribution in [1.29, 1.82) is 0 Å². The highest BCUT2D eigenvalue weighted by molar-refractivity contribution is 7.90. The Balaban J connectivity index is 1.86. The number of amides is 7. The van der Waals surface area contributed by atoms with Gasteiger partial charge in [-0.25, -0.2) is 10.1 Å². The number of hydrogen-bond donors (Lipinski definition) is 14. The fraction of sp³-hybridized carbons (Fsp3) is 0.651. The van der Waals surface area contributed by atoms with Gasteiger partial charge in [-0.2, -0.15) is 0 Å². The van der Waals surface area contributed by atoms with Crippen molar-refractivity contribution in [2.24, 2.45) is 11.8 Å². The molecular formula is C43H65N7O21S. The van der Waals surface area contributed by atoms with Crippen LogP contribution in [0.25, 0.3) is 0 Å². The molecule has 14 N–H and O–H groups in total. The molecule has 0 aliphatic carbocycles. The smallest absolute Gasteiger partial charge is 0.410 e. The Morgan fingerprint density at radius 1 is 0.875 bits per heavy atom. The van der Waals surface area contributed by atoms with Gasteiger partial charge in [-0.1, -0.05) is 41.9 Å². The molecule has 3 aliphatic heterocycles. The van der Waals surface area contributed by atoms with Gasteiger partial charge >= 0.3 is 6.09 Å². The summed E-state index contributed by atoms with van der Waals surface area (Å²) in [6, 6.07) is -7.23. The second-order valence-electron chi connectivity index (χ2n) is 17.8. The van der Waals surface area contributed by atoms with Gasteiger partial charge in [-0.05, 0) is 37.5 Å². The Kier molecular flexibility index (Phi) is 22.6. The molecule has 7 amide bonds. The minimum absolute atomic E-state index is 0.0613. The number of phenols is 1. The number of aliphatic hydroxyl groups is 8. The summed E-state index contributed by atoms with van der Waals surface area (Å²) in [5.41, 5.74) is 0.0977. The molecule has 3 aliphatic rings. The van der Waals surface area contributed by atoms with Gasteiger partial charge in [0.25, 0.3) is 12.3 Å². The number of carbonyl (C=O) groups is 7. The number of nitrogens with zero attached hydrogens (tertiary/aromatic N) is 3. The molecule has 1 aromatic rings. The van der Waals surface area contributed by atoms with Gasteiger partial charge in [-0.3, -0.25) is 28.8 Å². The predicted molar refractivity (Wildman–Crippen MR) is 245 cm³/mol. The van der Waals surface area contributed by atoms with Crippen LogP contribution >= 0.6 is 12.3 Å². The van der Waals surface area contributed by atoms with Crippen LogP contribution in [-0.2, 0) is 49.3 Å². The van der Waals surface area contributed by atoms with Gasteiger partial charge in [0.2, 0.25) is 35.4 Å². The van der Waals surface area contributed by atoms with Crippen molar-refractivity contribution in [3.8, 4) is 11.5 Å². The van der Waals surface area contributed by atoms with Crippen molar-refractivity contribution < 1.29 is 103 Å². The number of fused-ring (bicyclic) bond motifs is 2. The first kappa shape index (κ1) is 59.1. The van der Waals surface area contributed by atoms with E-state index in [1.807, 2.05) is 0 Å². The third-order valence-electron chi connectivity index (χ3n) is 12.4. The highest BCUT2D eigenvalue weighted by atomic mass is 32.2. The van der Waals surface area contributed by atoms with Gasteiger partial charge < -0.3 is 90.8 Å². The second-order valence-corrected chi connectivity index (χ2v) is 18.3. The van der Waals surface area contributed by atoms with Crippen molar-refractivity contribution in [2.75, 3.05) is 46.0 Å². The van der Waals surface area contributed by atoms with Crippen LogP contribution in [0.5, 0.6) is 11.5 Å². The number of β-amino-alcohol motifs (C(OH)–C–C–N with tert-alkyl or cyclic N) is 1. The fourth-order valence-electron chi connectivity index (χ4n) is 8.47. The molecule has 0 aromatic heterocycles. The van der Waals surface area contributed by atoms with Crippen LogP contribution in [0.1, 0.15) is 45.6 Å². The van der Waals surface area contributed by atoms with Gasteiger partial charge in [0.05, 0.1) is 55.9 Å². The standard InChI is InChI=1S/C43H65N7O21S/c1-5-10-68-43(66)48(24(18-51)19-52)9-8-29(57)34-42(65)50-16-21(3)36(59)35(50)40(63)44-15-25(54)11-20(2)37(60)45-32(22(4)53)41(64)49-17-26(55)14-27(49)38(61)46-33(39(62)47-34)30(58)12-23-6-7-28(56)31(13-23)69-72-71-70-67/h5-7,13,20-22,24-27,29-30,32-36,51-59,67H,1,8-12,14-19H2,2-4H3,(H,44,63)(H,45,60)(H,46,61)(H,47,62)/t20-,21-,22+,25+,26+,27-,29+,30+,32-,33-,34-,35-,36-/m0/s1. The van der Waals surface area contributed by atoms with Crippen LogP contribution in [0.3, 0.4) is 0 Å². The van der Waals surface area contributed by atoms with Crippen LogP contribution in [-0.4, -0.2) is 226 Å². The van der Waals surface area contributed by atoms with E-state index in [1.165, 1.54) is 32.9 Å². The Bertz CT molecular complexity index is 2050. The van der Waals surface area contributed by atoms with Crippen LogP contribution in [0, 0.1) is 11.8 Å². The van der Waals surface area contributed by atoms with E-state index in [0.29, 0.717) is 0 Å². The molecule has 3 saturated heterocycles. The molecule has 3 heterocycles. The van der Waals surface area contributed by atoms with Gasteiger partial charge in [0, 0.05) is 50.9 Å². The van der Waals surface area contributed by atoms with Crippen LogP contribution in [0.15, 0.2) is 30.9 Å². The first-order chi connectivity index (χ1) is 34.1. The number of phenolic OH excluding ortho intramolecular Hbond substituents is 1. The van der Waals surface area contributed by atoms with Crippen LogP contribution in [0.2, 0.25) is 0 Å². The number of benzene rings is 1. The van der Waals surface area contributed by atoms with Crippen LogP contribution < -0.4 is 25.5 Å². The van der Waals surface area contributed by atoms with Crippen molar-refractivity contribution >= 4 is 53.9 Å². The van der Waals surface area contributed by atoms with E-state index in [9.17, 15) is 79.5 Å². The molecule has 0 saturated carbocycles. The molecule has 0 radical (unpaired) electrons. The highest BCUT2D eigenvalue weighted by Crippen LogP contribution is 2.31. The van der Waals surface area contributed by atoms with Gasteiger partial charge in [0.1, 0.15) is 36.8 Å². The topological polar surface area (TPSA) is 417 Å². The quantitative estimate of drug-likeness (QED) is 0.0228. The SMILES string of the molecule is C=CCOC(=O)N(CC[C@@H](O)[C@@H]1NC(=O)[C@H]([C@H](O)Cc2ccc(O)c(OSOOO)c2)NC(=O)[C@@H]2C[C@@H](O)CN2C(=O)[C@H]([C@@H](C)O)NC(=O)[C@@H](C)C[C@@H](O)CNC(=O)[C@@H]2[C@@H](O)[C@@H](C)CN2C1=O)C(CO)CO. The molecule has 3 fully saturated rings. The first-order valence-corrected chi connectivity index (χ1v) is 23.5. The fourth-order valence-corrected chi connectivity index (χ4v) is 8.73. The molecule has 1 aromatic carbocycles. The number of nitrogens with one attached hydrogen (secondary N) is 4. The zero-order chi connectivity index (χ0) is 53.6. The molecular weight excluding hydrogens is 983 g/mol. The summed E-state index contributed by atoms with van der Waals surface area (Å²) in [6.07, 6.45) is -12.0. The average molecular weight is 1050 g/mol. The maximum atomic E-state index is 14.8. The third kappa shape index (κ3) is 15.3. The molecule has 0 unspecified atom stereocenters. The van der Waals surface area contributed by atoms with Crippen molar-refractivity contribution in [3.05, 3.63) is 36.4 Å². The number of aliphatic hydroxyl groups excluding tert-OH is 8. The summed E-state index contributed by atoms with van der Waals surface area (Å²) in [4.78, 5) is 101. The van der Waals surface area contributed by atoms with Crippen molar-refractivity contribution in [2.45, 2.75) is 119 Å². The monoisotopic (exact) mass is 1050 g/mol. The van der Waals surface area contributed by atoms with E-state index in [1.54, 1.807) is 0 Å². The minimum atomic E-state index is -2.17. The summed E-state index contributed by atoms with van der Waals surface area (Å²) in [5.74, 6) is -9.42. The Morgan fingerprint density at radius 3 is 2.17 bits per heavy atom. The van der Waals surface area contributed by atoms with Crippen molar-refractivity contribution in [3.63, 3.8) is 0 Å². The zero-order valence-corrected chi connectivity index (χ0v) is 40.4. The largest absolute Gasteiger partial charge is 0.504 e. The number of carbonyl (C=O) groups excluding carboxylic acids is 7. The molecule has 13 atom stereocenters. The second kappa shape index (κ2) is 27.6. The summed E-state index contributed by atoms with van der Waals surface area (Å²) < 4.78 is 14.4. The Morgan fingerprint density at radius 2 is 1.53 bits per heavy atom. The van der Waals surface area contributed by atoms with E-state index >= 15 is 0 Å². The Labute approximate surface area is 417 Å². The molecule has 29 heteroatoms. The number of aromatic hydroxyl groups is 1. The number of rotatable bonds is 17. The summed E-state index contributed by atoms with van der Waals surface area (Å²) >= 11 is 0.0613. The maximum Gasteiger partial charge on any atom is 0.410 e. The Hall–Kier alpha value is -5.44.